The Hall–Kier alpha value is -4.05. The number of aromatic nitrogens is 1. The van der Waals surface area contributed by atoms with Crippen LogP contribution in [0.4, 0.5) is 0 Å². The first-order valence-corrected chi connectivity index (χ1v) is 9.71. The first-order valence-electron chi connectivity index (χ1n) is 9.71. The Labute approximate surface area is 181 Å². The van der Waals surface area contributed by atoms with E-state index in [1.165, 1.54) is 7.11 Å². The molecule has 158 valence electrons. The second-order valence-electron chi connectivity index (χ2n) is 6.77. The number of nitriles is 1. The summed E-state index contributed by atoms with van der Waals surface area (Å²) in [6, 6.07) is 18.0. The number of rotatable bonds is 9. The van der Waals surface area contributed by atoms with Crippen LogP contribution in [0, 0.1) is 11.3 Å². The highest BCUT2D eigenvalue weighted by atomic mass is 16.5. The summed E-state index contributed by atoms with van der Waals surface area (Å²) < 4.78 is 16.5. The normalized spacial score (nSPS) is 11.1. The van der Waals surface area contributed by atoms with E-state index in [1.807, 2.05) is 49.4 Å². The Balaban J connectivity index is 1.50. The zero-order valence-electron chi connectivity index (χ0n) is 17.4. The minimum absolute atomic E-state index is 0.168. The summed E-state index contributed by atoms with van der Waals surface area (Å²) >= 11 is 0. The van der Waals surface area contributed by atoms with Crippen molar-refractivity contribution in [1.29, 1.82) is 5.26 Å². The maximum Gasteiger partial charge on any atom is 0.258 e. The Morgan fingerprint density at radius 2 is 1.94 bits per heavy atom. The van der Waals surface area contributed by atoms with Crippen molar-refractivity contribution in [1.82, 2.24) is 10.3 Å². The summed E-state index contributed by atoms with van der Waals surface area (Å²) in [7, 11) is 1.48. The average molecular weight is 417 g/mol. The SMILES string of the molecule is COc1cc(C#N)ccc1OCC(=O)NC(C)c1ccc(OCc2cccnc2)cc1. The lowest BCUT2D eigenvalue weighted by Gasteiger charge is -2.16. The minimum atomic E-state index is -0.268. The topological polar surface area (TPSA) is 93.5 Å². The molecule has 3 aromatic rings. The van der Waals surface area contributed by atoms with Crippen molar-refractivity contribution in [2.75, 3.05) is 13.7 Å². The molecule has 7 nitrogen and oxygen atoms in total. The van der Waals surface area contributed by atoms with Gasteiger partial charge in [-0.05, 0) is 42.8 Å². The van der Waals surface area contributed by atoms with Gasteiger partial charge in [0.05, 0.1) is 24.8 Å². The molecule has 0 spiro atoms. The number of carbonyl (C=O) groups is 1. The molecule has 1 N–H and O–H groups in total. The third-order valence-electron chi connectivity index (χ3n) is 4.54. The highest BCUT2D eigenvalue weighted by Crippen LogP contribution is 2.27. The summed E-state index contributed by atoms with van der Waals surface area (Å²) in [5.41, 5.74) is 2.39. The summed E-state index contributed by atoms with van der Waals surface area (Å²) in [5.74, 6) is 1.28. The zero-order valence-corrected chi connectivity index (χ0v) is 17.4. The predicted molar refractivity (Wildman–Crippen MR) is 115 cm³/mol. The fraction of sp³-hybridized carbons (Fsp3) is 0.208. The van der Waals surface area contributed by atoms with Crippen molar-refractivity contribution >= 4 is 5.91 Å². The molecule has 0 fully saturated rings. The van der Waals surface area contributed by atoms with Crippen molar-refractivity contribution < 1.29 is 19.0 Å². The van der Waals surface area contributed by atoms with Gasteiger partial charge < -0.3 is 19.5 Å². The zero-order chi connectivity index (χ0) is 22.1. The smallest absolute Gasteiger partial charge is 0.258 e. The van der Waals surface area contributed by atoms with E-state index in [4.69, 9.17) is 19.5 Å². The number of hydrogen-bond acceptors (Lipinski definition) is 6. The molecule has 0 radical (unpaired) electrons. The fourth-order valence-electron chi connectivity index (χ4n) is 2.87. The quantitative estimate of drug-likeness (QED) is 0.569. The van der Waals surface area contributed by atoms with Gasteiger partial charge in [-0.25, -0.2) is 0 Å². The molecular formula is C24H23N3O4. The third-order valence-corrected chi connectivity index (χ3v) is 4.54. The van der Waals surface area contributed by atoms with E-state index in [-0.39, 0.29) is 18.6 Å². The number of carbonyl (C=O) groups excluding carboxylic acids is 1. The third kappa shape index (κ3) is 6.21. The first-order chi connectivity index (χ1) is 15.1. The minimum Gasteiger partial charge on any atom is -0.493 e. The Bertz CT molecular complexity index is 1050. The molecule has 0 aliphatic rings. The van der Waals surface area contributed by atoms with Crippen LogP contribution in [0.5, 0.6) is 17.2 Å². The number of pyridine rings is 1. The van der Waals surface area contributed by atoms with E-state index in [0.29, 0.717) is 23.7 Å². The molecule has 1 heterocycles. The van der Waals surface area contributed by atoms with Gasteiger partial charge >= 0.3 is 0 Å². The van der Waals surface area contributed by atoms with Gasteiger partial charge in [0.1, 0.15) is 12.4 Å². The molecule has 3 rings (SSSR count). The monoisotopic (exact) mass is 417 g/mol. The highest BCUT2D eigenvalue weighted by Gasteiger charge is 2.12. The van der Waals surface area contributed by atoms with Crippen LogP contribution in [0.25, 0.3) is 0 Å². The number of nitrogens with zero attached hydrogens (tertiary/aromatic N) is 2. The summed E-state index contributed by atoms with van der Waals surface area (Å²) in [4.78, 5) is 16.4. The summed E-state index contributed by atoms with van der Waals surface area (Å²) in [6.07, 6.45) is 3.49. The van der Waals surface area contributed by atoms with Crippen molar-refractivity contribution in [3.05, 3.63) is 83.7 Å². The first kappa shape index (κ1) is 21.7. The van der Waals surface area contributed by atoms with Gasteiger partial charge in [-0.1, -0.05) is 18.2 Å². The Kier molecular flexibility index (Phi) is 7.44. The lowest BCUT2D eigenvalue weighted by molar-refractivity contribution is -0.123. The molecular weight excluding hydrogens is 394 g/mol. The van der Waals surface area contributed by atoms with Crippen LogP contribution in [0.2, 0.25) is 0 Å². The summed E-state index contributed by atoms with van der Waals surface area (Å²) in [5, 5.41) is 11.8. The van der Waals surface area contributed by atoms with E-state index in [1.54, 1.807) is 30.6 Å². The van der Waals surface area contributed by atoms with E-state index >= 15 is 0 Å². The van der Waals surface area contributed by atoms with Crippen molar-refractivity contribution in [3.8, 4) is 23.3 Å². The van der Waals surface area contributed by atoms with Gasteiger partial charge in [0.15, 0.2) is 18.1 Å². The standard InChI is InChI=1S/C24H23N3O4/c1-17(20-6-8-21(9-7-20)30-15-19-4-3-11-26-14-19)27-24(28)16-31-22-10-5-18(13-25)12-23(22)29-2/h3-12,14,17H,15-16H2,1-2H3,(H,27,28). The molecule has 0 aliphatic carbocycles. The Morgan fingerprint density at radius 1 is 1.13 bits per heavy atom. The van der Waals surface area contributed by atoms with Gasteiger partial charge in [-0.2, -0.15) is 5.26 Å². The number of ether oxygens (including phenoxy) is 3. The predicted octanol–water partition coefficient (Wildman–Crippen LogP) is 3.80. The van der Waals surface area contributed by atoms with E-state index in [9.17, 15) is 4.79 Å². The molecule has 31 heavy (non-hydrogen) atoms. The second kappa shape index (κ2) is 10.6. The fourth-order valence-corrected chi connectivity index (χ4v) is 2.87. The van der Waals surface area contributed by atoms with Crippen molar-refractivity contribution in [3.63, 3.8) is 0 Å². The number of methoxy groups -OCH3 is 1. The summed E-state index contributed by atoms with van der Waals surface area (Å²) in [6.45, 7) is 2.17. The largest absolute Gasteiger partial charge is 0.493 e. The number of nitrogens with one attached hydrogen (secondary N) is 1. The van der Waals surface area contributed by atoms with Gasteiger partial charge in [-0.3, -0.25) is 9.78 Å². The second-order valence-corrected chi connectivity index (χ2v) is 6.77. The molecule has 0 saturated heterocycles. The number of amides is 1. The maximum absolute atomic E-state index is 12.3. The van der Waals surface area contributed by atoms with Crippen LogP contribution in [-0.2, 0) is 11.4 Å². The van der Waals surface area contributed by atoms with Crippen LogP contribution in [0.15, 0.2) is 67.0 Å². The maximum atomic E-state index is 12.3. The molecule has 2 aromatic carbocycles. The number of hydrogen-bond donors (Lipinski definition) is 1. The van der Waals surface area contributed by atoms with Crippen molar-refractivity contribution in [2.24, 2.45) is 0 Å². The van der Waals surface area contributed by atoms with Crippen LogP contribution >= 0.6 is 0 Å². The average Bonchev–Trinajstić information content (AvgIpc) is 2.82. The molecule has 0 aliphatic heterocycles. The van der Waals surface area contributed by atoms with Gasteiger partial charge in [0, 0.05) is 24.0 Å². The van der Waals surface area contributed by atoms with Crippen LogP contribution in [0.3, 0.4) is 0 Å². The van der Waals surface area contributed by atoms with Gasteiger partial charge in [0.25, 0.3) is 5.91 Å². The van der Waals surface area contributed by atoms with E-state index in [0.717, 1.165) is 16.9 Å². The van der Waals surface area contributed by atoms with E-state index < -0.39 is 0 Å². The molecule has 1 aromatic heterocycles. The molecule has 0 saturated carbocycles. The molecule has 7 heteroatoms. The van der Waals surface area contributed by atoms with Gasteiger partial charge in [-0.15, -0.1) is 0 Å². The van der Waals surface area contributed by atoms with Crippen LogP contribution in [-0.4, -0.2) is 24.6 Å². The van der Waals surface area contributed by atoms with Crippen molar-refractivity contribution in [2.45, 2.75) is 19.6 Å². The molecule has 1 amide bonds. The molecule has 1 atom stereocenters. The molecule has 1 unspecified atom stereocenters. The lowest BCUT2D eigenvalue weighted by atomic mass is 10.1. The van der Waals surface area contributed by atoms with Gasteiger partial charge in [0.2, 0.25) is 0 Å². The number of benzene rings is 2. The van der Waals surface area contributed by atoms with Crippen LogP contribution in [0.1, 0.15) is 29.7 Å². The molecule has 0 bridgehead atoms. The Morgan fingerprint density at radius 3 is 2.61 bits per heavy atom. The lowest BCUT2D eigenvalue weighted by Crippen LogP contribution is -2.31. The van der Waals surface area contributed by atoms with E-state index in [2.05, 4.69) is 10.3 Å². The van der Waals surface area contributed by atoms with Crippen LogP contribution < -0.4 is 19.5 Å². The highest BCUT2D eigenvalue weighted by molar-refractivity contribution is 5.78.